The van der Waals surface area contributed by atoms with Crippen molar-refractivity contribution in [1.82, 2.24) is 9.80 Å². The lowest BCUT2D eigenvalue weighted by Gasteiger charge is -2.34. The molecule has 6 heteroatoms. The zero-order valence-corrected chi connectivity index (χ0v) is 14.1. The summed E-state index contributed by atoms with van der Waals surface area (Å²) in [5.74, 6) is -0.700. The van der Waals surface area contributed by atoms with Gasteiger partial charge in [0.1, 0.15) is 6.61 Å². The van der Waals surface area contributed by atoms with Gasteiger partial charge in [0.15, 0.2) is 0 Å². The van der Waals surface area contributed by atoms with Gasteiger partial charge in [0.2, 0.25) is 5.91 Å². The molecule has 0 radical (unpaired) electrons. The number of benzene rings is 2. The topological polar surface area (TPSA) is 66.9 Å². The predicted octanol–water partition coefficient (Wildman–Crippen LogP) is 1.71. The molecule has 2 aromatic rings. The summed E-state index contributed by atoms with van der Waals surface area (Å²) < 4.78 is 5.58. The van der Waals surface area contributed by atoms with Crippen molar-refractivity contribution in [3.05, 3.63) is 71.3 Å². The summed E-state index contributed by atoms with van der Waals surface area (Å²) in [6, 6.07) is 16.5. The molecule has 2 aliphatic rings. The van der Waals surface area contributed by atoms with Crippen molar-refractivity contribution < 1.29 is 19.1 Å². The molecule has 1 unspecified atom stereocenters. The van der Waals surface area contributed by atoms with E-state index >= 15 is 0 Å². The first-order valence-corrected chi connectivity index (χ1v) is 8.52. The molecule has 4 rings (SSSR count). The molecular weight excluding hydrogens is 332 g/mol. The normalized spacial score (nSPS) is 19.8. The van der Waals surface area contributed by atoms with E-state index in [0.717, 1.165) is 5.56 Å². The Bertz CT molecular complexity index is 830. The average molecular weight is 350 g/mol. The molecule has 3 amide bonds. The second kappa shape index (κ2) is 6.72. The van der Waals surface area contributed by atoms with E-state index in [1.54, 1.807) is 29.2 Å². The highest BCUT2D eigenvalue weighted by Crippen LogP contribution is 2.23. The molecule has 2 aliphatic heterocycles. The van der Waals surface area contributed by atoms with Gasteiger partial charge in [-0.25, -0.2) is 0 Å². The highest BCUT2D eigenvalue weighted by atomic mass is 16.5. The van der Waals surface area contributed by atoms with Crippen LogP contribution in [0.5, 0.6) is 0 Å². The first-order chi connectivity index (χ1) is 12.6. The van der Waals surface area contributed by atoms with Gasteiger partial charge in [0.05, 0.1) is 23.8 Å². The van der Waals surface area contributed by atoms with Crippen molar-refractivity contribution in [3.8, 4) is 0 Å². The highest BCUT2D eigenvalue weighted by molar-refractivity contribution is 6.21. The monoisotopic (exact) mass is 350 g/mol. The summed E-state index contributed by atoms with van der Waals surface area (Å²) in [5, 5.41) is 0. The maximum absolute atomic E-state index is 12.5. The van der Waals surface area contributed by atoms with Crippen LogP contribution in [0.2, 0.25) is 0 Å². The summed E-state index contributed by atoms with van der Waals surface area (Å²) >= 11 is 0. The lowest BCUT2D eigenvalue weighted by Crippen LogP contribution is -2.51. The van der Waals surface area contributed by atoms with Gasteiger partial charge in [0, 0.05) is 13.1 Å². The van der Waals surface area contributed by atoms with Crippen LogP contribution >= 0.6 is 0 Å². The van der Waals surface area contributed by atoms with Crippen LogP contribution in [0.1, 0.15) is 26.3 Å². The number of carbonyl (C=O) groups excluding carboxylic acids is 3. The molecule has 1 fully saturated rings. The van der Waals surface area contributed by atoms with Gasteiger partial charge in [-0.3, -0.25) is 19.3 Å². The van der Waals surface area contributed by atoms with Crippen LogP contribution in [-0.4, -0.2) is 53.3 Å². The highest BCUT2D eigenvalue weighted by Gasteiger charge is 2.38. The molecule has 6 nitrogen and oxygen atoms in total. The summed E-state index contributed by atoms with van der Waals surface area (Å²) in [4.78, 5) is 40.0. The zero-order chi connectivity index (χ0) is 18.1. The molecule has 0 aliphatic carbocycles. The molecule has 0 aromatic heterocycles. The lowest BCUT2D eigenvalue weighted by molar-refractivity contribution is -0.150. The van der Waals surface area contributed by atoms with Crippen molar-refractivity contribution in [2.45, 2.75) is 12.6 Å². The van der Waals surface area contributed by atoms with Gasteiger partial charge >= 0.3 is 0 Å². The number of morpholine rings is 1. The fourth-order valence-corrected chi connectivity index (χ4v) is 3.36. The van der Waals surface area contributed by atoms with Crippen molar-refractivity contribution in [2.24, 2.45) is 0 Å². The van der Waals surface area contributed by atoms with Crippen LogP contribution in [0.25, 0.3) is 0 Å². The molecule has 2 heterocycles. The zero-order valence-electron chi connectivity index (χ0n) is 14.1. The number of hydrogen-bond donors (Lipinski definition) is 0. The van der Waals surface area contributed by atoms with E-state index in [4.69, 9.17) is 4.74 Å². The Morgan fingerprint density at radius 1 is 0.885 bits per heavy atom. The first-order valence-electron chi connectivity index (χ1n) is 8.52. The SMILES string of the molecule is O=C1COC(CN2C(=O)c3ccccc3C2=O)CN1Cc1ccccc1. The van der Waals surface area contributed by atoms with E-state index in [2.05, 4.69) is 0 Å². The maximum atomic E-state index is 12.5. The number of amides is 3. The van der Waals surface area contributed by atoms with Crippen molar-refractivity contribution in [2.75, 3.05) is 19.7 Å². The van der Waals surface area contributed by atoms with E-state index < -0.39 is 6.10 Å². The molecule has 0 spiro atoms. The molecule has 26 heavy (non-hydrogen) atoms. The second-order valence-corrected chi connectivity index (χ2v) is 6.46. The predicted molar refractivity (Wildman–Crippen MR) is 93.4 cm³/mol. The third kappa shape index (κ3) is 2.99. The van der Waals surface area contributed by atoms with E-state index in [-0.39, 0.29) is 30.9 Å². The van der Waals surface area contributed by atoms with Gasteiger partial charge < -0.3 is 9.64 Å². The number of hydrogen-bond acceptors (Lipinski definition) is 4. The maximum Gasteiger partial charge on any atom is 0.261 e. The third-order valence-electron chi connectivity index (χ3n) is 4.70. The molecule has 1 saturated heterocycles. The van der Waals surface area contributed by atoms with Gasteiger partial charge in [-0.2, -0.15) is 0 Å². The largest absolute Gasteiger partial charge is 0.365 e. The summed E-state index contributed by atoms with van der Waals surface area (Å²) in [6.07, 6.45) is -0.390. The minimum Gasteiger partial charge on any atom is -0.365 e. The number of fused-ring (bicyclic) bond motifs is 1. The van der Waals surface area contributed by atoms with Gasteiger partial charge in [-0.05, 0) is 17.7 Å². The van der Waals surface area contributed by atoms with Gasteiger partial charge in [-0.15, -0.1) is 0 Å². The van der Waals surface area contributed by atoms with Crippen LogP contribution in [0.15, 0.2) is 54.6 Å². The number of rotatable bonds is 4. The fraction of sp³-hybridized carbons (Fsp3) is 0.250. The van der Waals surface area contributed by atoms with Crippen molar-refractivity contribution >= 4 is 17.7 Å². The van der Waals surface area contributed by atoms with E-state index in [1.807, 2.05) is 30.3 Å². The molecule has 0 bridgehead atoms. The van der Waals surface area contributed by atoms with Crippen molar-refractivity contribution in [1.29, 1.82) is 0 Å². The summed E-state index contributed by atoms with van der Waals surface area (Å²) in [7, 11) is 0. The van der Waals surface area contributed by atoms with Crippen LogP contribution in [-0.2, 0) is 16.1 Å². The average Bonchev–Trinajstić information content (AvgIpc) is 2.90. The van der Waals surface area contributed by atoms with Crippen LogP contribution in [0.3, 0.4) is 0 Å². The standard InChI is InChI=1S/C20H18N2O4/c23-18-13-26-15(11-21(18)10-14-6-2-1-3-7-14)12-22-19(24)16-8-4-5-9-17(16)20(22)25/h1-9,15H,10-13H2. The number of nitrogens with zero attached hydrogens (tertiary/aromatic N) is 2. The van der Waals surface area contributed by atoms with Crippen LogP contribution < -0.4 is 0 Å². The quantitative estimate of drug-likeness (QED) is 0.788. The Labute approximate surface area is 151 Å². The second-order valence-electron chi connectivity index (χ2n) is 6.46. The lowest BCUT2D eigenvalue weighted by atomic mass is 10.1. The summed E-state index contributed by atoms with van der Waals surface area (Å²) in [5.41, 5.74) is 1.87. The smallest absolute Gasteiger partial charge is 0.261 e. The Morgan fingerprint density at radius 3 is 2.15 bits per heavy atom. The third-order valence-corrected chi connectivity index (χ3v) is 4.70. The van der Waals surface area contributed by atoms with E-state index in [9.17, 15) is 14.4 Å². The first kappa shape index (κ1) is 16.5. The van der Waals surface area contributed by atoms with Crippen LogP contribution in [0, 0.1) is 0 Å². The minimum atomic E-state index is -0.390. The Kier molecular flexibility index (Phi) is 4.26. The summed E-state index contributed by atoms with van der Waals surface area (Å²) in [6.45, 7) is 0.939. The molecule has 1 atom stereocenters. The Morgan fingerprint density at radius 2 is 1.50 bits per heavy atom. The van der Waals surface area contributed by atoms with Gasteiger partial charge in [0.25, 0.3) is 11.8 Å². The van der Waals surface area contributed by atoms with E-state index in [0.29, 0.717) is 24.2 Å². The molecule has 132 valence electrons. The van der Waals surface area contributed by atoms with E-state index in [1.165, 1.54) is 4.90 Å². The molecule has 0 N–H and O–H groups in total. The Balaban J connectivity index is 1.45. The number of ether oxygens (including phenoxy) is 1. The molecule has 0 saturated carbocycles. The Hall–Kier alpha value is -2.99. The minimum absolute atomic E-state index is 0.0410. The molecular formula is C20H18N2O4. The molecule has 2 aromatic carbocycles. The fourth-order valence-electron chi connectivity index (χ4n) is 3.36. The number of imide groups is 1. The van der Waals surface area contributed by atoms with Crippen LogP contribution in [0.4, 0.5) is 0 Å². The van der Waals surface area contributed by atoms with Crippen molar-refractivity contribution in [3.63, 3.8) is 0 Å². The number of carbonyl (C=O) groups is 3. The van der Waals surface area contributed by atoms with Gasteiger partial charge in [-0.1, -0.05) is 42.5 Å².